The number of esters is 1. The number of alkyl carbamates (subject to hydrolysis) is 1. The van der Waals surface area contributed by atoms with Gasteiger partial charge in [-0.2, -0.15) is 0 Å². The minimum absolute atomic E-state index is 0.0429. The zero-order chi connectivity index (χ0) is 53.7. The summed E-state index contributed by atoms with van der Waals surface area (Å²) in [5, 5.41) is 2.71. The summed E-state index contributed by atoms with van der Waals surface area (Å²) in [7, 11) is -9.30. The Hall–Kier alpha value is -1.52. The molecule has 1 N–H and O–H groups in total. The Bertz CT molecular complexity index is 1930. The monoisotopic (exact) mass is 1050 g/mol. The van der Waals surface area contributed by atoms with Crippen molar-refractivity contribution < 1.29 is 46.2 Å². The van der Waals surface area contributed by atoms with Gasteiger partial charge in [-0.15, -0.1) is 0 Å². The van der Waals surface area contributed by atoms with Crippen molar-refractivity contribution in [3.8, 4) is 11.5 Å². The van der Waals surface area contributed by atoms with Crippen LogP contribution in [0.1, 0.15) is 138 Å². The van der Waals surface area contributed by atoms with Crippen molar-refractivity contribution in [2.75, 3.05) is 13.7 Å². The molecule has 3 rings (SSSR count). The van der Waals surface area contributed by atoms with E-state index >= 15 is 0 Å². The van der Waals surface area contributed by atoms with E-state index in [-0.39, 0.29) is 44.2 Å². The smallest absolute Gasteiger partial charge is 0.409 e. The maximum atomic E-state index is 14.8. The Morgan fingerprint density at radius 2 is 1.26 bits per heavy atom. The van der Waals surface area contributed by atoms with Crippen LogP contribution in [0.4, 0.5) is 4.79 Å². The topological polar surface area (TPSA) is 120 Å². The first-order chi connectivity index (χ1) is 30.7. The van der Waals surface area contributed by atoms with Crippen LogP contribution >= 0.6 is 0 Å². The molecular formula is C53H103NO10Si5. The first-order valence-corrected chi connectivity index (χ1v) is 41.3. The molecule has 11 nitrogen and oxygen atoms in total. The standard InChI is InChI=1S/C53H103NO10Si5/c1-35-37-31-38(60-47(55)45(37)41(63-68(25,26)51(9,10)11)32-39(35)61-66(21,22)49(3,4)5)36(2)40(62-67(23,24)50(6,7)8)33-43-53(15,16)44(64-69(27,28)52(12,13)14)34-42(59-43)46(57-17)54-48(56)58-29-30-65(18,19)20/h32,36,38,40,42-44,46H,29-31,33-34H2,1-28H3,(H,54,56)/t36-,38+,40-,42-,43+,44+,46-/m0/s1. The SMILES string of the molecule is CO[C@H](NC(=O)OCC[Si](C)(C)C)[C@@H]1C[C@@H](O[Si](C)(C)C(C)(C)C)C(C)(C)[C@@H](C[C@H](O[Si](C)(C)C(C)(C)C)[C@@H](C)[C@H]2Cc3c(C)c(O[Si](C)(C)C(C)(C)C)cc(O[Si](C)(C)C(C)(C)C)c3C(=O)O2)O1. The van der Waals surface area contributed by atoms with Crippen molar-refractivity contribution in [1.29, 1.82) is 0 Å². The number of methoxy groups -OCH3 is 1. The predicted molar refractivity (Wildman–Crippen MR) is 298 cm³/mol. The molecule has 1 aromatic carbocycles. The predicted octanol–water partition coefficient (Wildman–Crippen LogP) is 14.9. The van der Waals surface area contributed by atoms with Crippen LogP contribution < -0.4 is 14.2 Å². The Morgan fingerprint density at radius 1 is 0.768 bits per heavy atom. The fraction of sp³-hybridized carbons (Fsp3) is 0.849. The highest BCUT2D eigenvalue weighted by molar-refractivity contribution is 6.76. The summed E-state index contributed by atoms with van der Waals surface area (Å²) in [6, 6.07) is 2.84. The molecule has 1 aromatic rings. The Labute approximate surface area is 427 Å². The normalized spacial score (nSPS) is 22.5. The molecule has 0 spiro atoms. The lowest BCUT2D eigenvalue weighted by Crippen LogP contribution is -2.61. The molecular weight excluding hydrogens is 951 g/mol. The zero-order valence-corrected chi connectivity index (χ0v) is 54.2. The number of ether oxygens (including phenoxy) is 4. The number of benzene rings is 1. The van der Waals surface area contributed by atoms with E-state index in [0.717, 1.165) is 22.9 Å². The molecule has 16 heteroatoms. The summed E-state index contributed by atoms with van der Waals surface area (Å²) >= 11 is 0. The quantitative estimate of drug-likeness (QED) is 0.0864. The third kappa shape index (κ3) is 15.1. The minimum atomic E-state index is -2.45. The van der Waals surface area contributed by atoms with Gasteiger partial charge in [0.25, 0.3) is 8.32 Å². The third-order valence-electron chi connectivity index (χ3n) is 17.3. The molecule has 0 unspecified atom stereocenters. The van der Waals surface area contributed by atoms with E-state index in [1.54, 1.807) is 7.11 Å². The highest BCUT2D eigenvalue weighted by Crippen LogP contribution is 2.50. The van der Waals surface area contributed by atoms with E-state index in [1.807, 2.05) is 6.07 Å². The summed E-state index contributed by atoms with van der Waals surface area (Å²) in [6.45, 7) is 60.9. The van der Waals surface area contributed by atoms with Gasteiger partial charge < -0.3 is 36.7 Å². The van der Waals surface area contributed by atoms with Crippen molar-refractivity contribution in [3.05, 3.63) is 22.8 Å². The molecule has 1 saturated heterocycles. The number of amides is 1. The van der Waals surface area contributed by atoms with Crippen molar-refractivity contribution in [2.45, 2.75) is 265 Å². The second-order valence-corrected chi connectivity index (χ2v) is 53.2. The van der Waals surface area contributed by atoms with Crippen molar-refractivity contribution in [3.63, 3.8) is 0 Å². The molecule has 2 aliphatic heterocycles. The zero-order valence-electron chi connectivity index (χ0n) is 49.2. The highest BCUT2D eigenvalue weighted by atomic mass is 28.4. The van der Waals surface area contributed by atoms with Crippen LogP contribution in [0.3, 0.4) is 0 Å². The number of nitrogens with one attached hydrogen (secondary N) is 1. The van der Waals surface area contributed by atoms with Crippen LogP contribution in [0.25, 0.3) is 0 Å². The molecule has 2 aliphatic rings. The van der Waals surface area contributed by atoms with Gasteiger partial charge in [-0.05, 0) is 103 Å². The van der Waals surface area contributed by atoms with Crippen LogP contribution in [0.2, 0.25) is 98.2 Å². The first kappa shape index (κ1) is 61.8. The van der Waals surface area contributed by atoms with Gasteiger partial charge in [0, 0.05) is 45.4 Å². The molecule has 0 aliphatic carbocycles. The van der Waals surface area contributed by atoms with Gasteiger partial charge in [0.2, 0.25) is 8.32 Å². The molecule has 0 aromatic heterocycles. The number of hydrogen-bond acceptors (Lipinski definition) is 10. The van der Waals surface area contributed by atoms with Gasteiger partial charge in [0.05, 0.1) is 24.9 Å². The van der Waals surface area contributed by atoms with E-state index in [4.69, 9.17) is 36.7 Å². The number of rotatable bonds is 18. The number of carbonyl (C=O) groups excluding carboxylic acids is 2. The minimum Gasteiger partial charge on any atom is -0.543 e. The summed E-state index contributed by atoms with van der Waals surface area (Å²) in [4.78, 5) is 28.1. The average Bonchev–Trinajstić information content (AvgIpc) is 3.13. The fourth-order valence-electron chi connectivity index (χ4n) is 7.78. The Kier molecular flexibility index (Phi) is 19.1. The lowest BCUT2D eigenvalue weighted by molar-refractivity contribution is -0.211. The number of carbonyl (C=O) groups is 2. The van der Waals surface area contributed by atoms with E-state index < -0.39 is 77.4 Å². The molecule has 1 fully saturated rings. The molecule has 7 atom stereocenters. The summed E-state index contributed by atoms with van der Waals surface area (Å²) in [5.41, 5.74) is 1.89. The summed E-state index contributed by atoms with van der Waals surface area (Å²) < 4.78 is 54.7. The summed E-state index contributed by atoms with van der Waals surface area (Å²) in [6.07, 6.45) is -1.86. The van der Waals surface area contributed by atoms with Crippen LogP contribution in [0.15, 0.2) is 6.07 Å². The van der Waals surface area contributed by atoms with Crippen LogP contribution in [0, 0.1) is 18.3 Å². The van der Waals surface area contributed by atoms with E-state index in [1.165, 1.54) is 0 Å². The van der Waals surface area contributed by atoms with Gasteiger partial charge in [-0.1, -0.05) is 123 Å². The molecule has 2 heterocycles. The van der Waals surface area contributed by atoms with Gasteiger partial charge in [0.1, 0.15) is 29.3 Å². The fourth-order valence-corrected chi connectivity index (χ4v) is 13.5. The molecule has 69 heavy (non-hydrogen) atoms. The lowest BCUT2D eigenvalue weighted by Gasteiger charge is -2.53. The second-order valence-electron chi connectivity index (χ2n) is 28.6. The molecule has 0 saturated carbocycles. The maximum Gasteiger partial charge on any atom is 0.409 e. The Balaban J connectivity index is 2.22. The third-order valence-corrected chi connectivity index (χ3v) is 36.7. The summed E-state index contributed by atoms with van der Waals surface area (Å²) in [5.74, 6) is 0.709. The number of hydrogen-bond donors (Lipinski definition) is 1. The van der Waals surface area contributed by atoms with Crippen molar-refractivity contribution >= 4 is 53.4 Å². The van der Waals surface area contributed by atoms with Gasteiger partial charge in [0.15, 0.2) is 22.9 Å². The van der Waals surface area contributed by atoms with Crippen LogP contribution in [-0.4, -0.2) is 104 Å². The van der Waals surface area contributed by atoms with E-state index in [2.05, 4.69) is 188 Å². The molecule has 400 valence electrons. The van der Waals surface area contributed by atoms with E-state index in [0.29, 0.717) is 37.2 Å². The van der Waals surface area contributed by atoms with Gasteiger partial charge >= 0.3 is 12.1 Å². The van der Waals surface area contributed by atoms with Gasteiger partial charge in [-0.3, -0.25) is 5.32 Å². The maximum absolute atomic E-state index is 14.8. The highest BCUT2D eigenvalue weighted by Gasteiger charge is 2.54. The largest absolute Gasteiger partial charge is 0.543 e. The Morgan fingerprint density at radius 3 is 1.72 bits per heavy atom. The van der Waals surface area contributed by atoms with E-state index in [9.17, 15) is 9.59 Å². The van der Waals surface area contributed by atoms with Gasteiger partial charge in [-0.25, -0.2) is 9.59 Å². The lowest BCUT2D eigenvalue weighted by atomic mass is 9.73. The van der Waals surface area contributed by atoms with Crippen LogP contribution in [0.5, 0.6) is 11.5 Å². The molecule has 1 amide bonds. The molecule has 0 bridgehead atoms. The van der Waals surface area contributed by atoms with Crippen LogP contribution in [-0.2, 0) is 34.2 Å². The second kappa shape index (κ2) is 21.4. The molecule has 0 radical (unpaired) electrons. The average molecular weight is 1050 g/mol. The number of fused-ring (bicyclic) bond motifs is 1. The van der Waals surface area contributed by atoms with Crippen molar-refractivity contribution in [2.24, 2.45) is 11.3 Å². The van der Waals surface area contributed by atoms with Crippen molar-refractivity contribution in [1.82, 2.24) is 5.32 Å². The number of cyclic esters (lactones) is 1. The first-order valence-electron chi connectivity index (χ1n) is 25.9.